The topological polar surface area (TPSA) is 71.1 Å². The molecule has 0 bridgehead atoms. The number of hydrogen-bond acceptors (Lipinski definition) is 16. The first kappa shape index (κ1) is 45.2. The smallest absolute Gasteiger partial charge is 0.185 e. The highest BCUT2D eigenvalue weighted by molar-refractivity contribution is 8.13. The summed E-state index contributed by atoms with van der Waals surface area (Å²) in [6.07, 6.45) is 4.30. The molecule has 1 aliphatic heterocycles. The van der Waals surface area contributed by atoms with Gasteiger partial charge in [0.05, 0.1) is 72.4 Å². The van der Waals surface area contributed by atoms with Crippen molar-refractivity contribution in [3.8, 4) is 29.3 Å². The van der Waals surface area contributed by atoms with Crippen LogP contribution >= 0.6 is 116 Å². The summed E-state index contributed by atoms with van der Waals surface area (Å²) in [4.78, 5) is 35.9. The van der Waals surface area contributed by atoms with E-state index in [2.05, 4.69) is 35.0 Å². The number of ether oxygens (including phenoxy) is 4. The van der Waals surface area contributed by atoms with E-state index in [0.29, 0.717) is 52.9 Å². The van der Waals surface area contributed by atoms with Gasteiger partial charge in [0.25, 0.3) is 0 Å². The zero-order chi connectivity index (χ0) is 37.8. The molecule has 0 fully saturated rings. The molecule has 0 atom stereocenters. The molecule has 54 heavy (non-hydrogen) atoms. The summed E-state index contributed by atoms with van der Waals surface area (Å²) in [5.74, 6) is 5.61. The fourth-order valence-electron chi connectivity index (χ4n) is 5.07. The van der Waals surface area contributed by atoms with Crippen molar-refractivity contribution < 1.29 is 28.5 Å². The van der Waals surface area contributed by atoms with Crippen LogP contribution in [0.2, 0.25) is 0 Å². The van der Waals surface area contributed by atoms with Gasteiger partial charge in [0.1, 0.15) is 0 Å². The van der Waals surface area contributed by atoms with Gasteiger partial charge >= 0.3 is 0 Å². The number of fused-ring (bicyclic) bond motifs is 3. The molecular formula is C38H48O6S10. The van der Waals surface area contributed by atoms with E-state index in [9.17, 15) is 9.59 Å². The third kappa shape index (κ3) is 15.7. The number of hydrogen-bond donors (Lipinski definition) is 0. The number of carbonyl (C=O) groups excluding carboxylic acids is 2. The van der Waals surface area contributed by atoms with Crippen molar-refractivity contribution in [1.29, 1.82) is 0 Å². The van der Waals surface area contributed by atoms with E-state index < -0.39 is 0 Å². The van der Waals surface area contributed by atoms with Gasteiger partial charge in [-0.15, -0.1) is 92.4 Å². The molecule has 296 valence electrons. The molecule has 4 aromatic rings. The summed E-state index contributed by atoms with van der Waals surface area (Å²) in [7, 11) is 0. The highest BCUT2D eigenvalue weighted by Crippen LogP contribution is 2.53. The van der Waals surface area contributed by atoms with Crippen LogP contribution in [-0.4, -0.2) is 97.6 Å². The van der Waals surface area contributed by atoms with E-state index in [-0.39, 0.29) is 10.2 Å². The molecule has 6 nitrogen and oxygen atoms in total. The lowest BCUT2D eigenvalue weighted by atomic mass is 10.3. The van der Waals surface area contributed by atoms with Crippen molar-refractivity contribution in [3.63, 3.8) is 0 Å². The Morgan fingerprint density at radius 3 is 1.35 bits per heavy atom. The molecule has 4 aromatic heterocycles. The van der Waals surface area contributed by atoms with Gasteiger partial charge in [-0.2, -0.15) is 0 Å². The summed E-state index contributed by atoms with van der Waals surface area (Å²) >= 11 is 18.0. The Kier molecular flexibility index (Phi) is 21.9. The maximum atomic E-state index is 11.3. The van der Waals surface area contributed by atoms with Gasteiger partial charge in [0.15, 0.2) is 10.2 Å². The van der Waals surface area contributed by atoms with Gasteiger partial charge in [0, 0.05) is 66.2 Å². The molecule has 0 unspecified atom stereocenters. The molecule has 0 aliphatic carbocycles. The lowest BCUT2D eigenvalue weighted by molar-refractivity contribution is -0.109. The minimum Gasteiger partial charge on any atom is -0.378 e. The molecule has 0 saturated heterocycles. The van der Waals surface area contributed by atoms with Crippen LogP contribution < -0.4 is 0 Å². The summed E-state index contributed by atoms with van der Waals surface area (Å²) in [6, 6.07) is 9.35. The molecule has 5 rings (SSSR count). The van der Waals surface area contributed by atoms with Crippen LogP contribution in [0.3, 0.4) is 0 Å². The van der Waals surface area contributed by atoms with Crippen LogP contribution in [0.25, 0.3) is 29.3 Å². The molecular weight excluding hydrogens is 873 g/mol. The minimum atomic E-state index is 0.200. The summed E-state index contributed by atoms with van der Waals surface area (Å²) < 4.78 is 23.3. The predicted octanol–water partition coefficient (Wildman–Crippen LogP) is 12.5. The van der Waals surface area contributed by atoms with E-state index in [1.54, 1.807) is 13.8 Å². The summed E-state index contributed by atoms with van der Waals surface area (Å²) in [5.41, 5.74) is 0. The Morgan fingerprint density at radius 1 is 0.556 bits per heavy atom. The highest BCUT2D eigenvalue weighted by atomic mass is 32.2. The molecule has 0 spiro atoms. The summed E-state index contributed by atoms with van der Waals surface area (Å²) in [6.45, 7) is 8.01. The lowest BCUT2D eigenvalue weighted by Gasteiger charge is -2.09. The van der Waals surface area contributed by atoms with Crippen molar-refractivity contribution in [2.75, 3.05) is 87.4 Å². The van der Waals surface area contributed by atoms with Crippen LogP contribution in [0.15, 0.2) is 54.6 Å². The Morgan fingerprint density at radius 2 is 0.944 bits per heavy atom. The van der Waals surface area contributed by atoms with E-state index in [1.165, 1.54) is 72.4 Å². The number of carbonyl (C=O) groups is 2. The first-order chi connectivity index (χ1) is 26.5. The third-order valence-corrected chi connectivity index (χ3v) is 18.8. The zero-order valence-electron chi connectivity index (χ0n) is 30.7. The zero-order valence-corrected chi connectivity index (χ0v) is 38.9. The third-order valence-electron chi connectivity index (χ3n) is 7.60. The maximum absolute atomic E-state index is 11.3. The Bertz CT molecular complexity index is 1570. The normalized spacial score (nSPS) is 15.4. The number of rotatable bonds is 14. The summed E-state index contributed by atoms with van der Waals surface area (Å²) in [5, 5.41) is 4.84. The van der Waals surface area contributed by atoms with Crippen molar-refractivity contribution in [3.05, 3.63) is 35.0 Å². The number of thiophene rings is 4. The predicted molar refractivity (Wildman–Crippen MR) is 245 cm³/mol. The molecule has 5 heterocycles. The second-order valence-corrected chi connectivity index (χ2v) is 22.8. The highest BCUT2D eigenvalue weighted by Gasteiger charge is 2.23. The fraction of sp³-hybridized carbons (Fsp3) is 0.526. The molecule has 0 radical (unpaired) electrons. The molecule has 16 heteroatoms. The van der Waals surface area contributed by atoms with E-state index in [0.717, 1.165) is 60.2 Å². The van der Waals surface area contributed by atoms with Crippen LogP contribution in [0, 0.1) is 0 Å². The Balaban J connectivity index is 1.39. The monoisotopic (exact) mass is 920 g/mol. The van der Waals surface area contributed by atoms with Gasteiger partial charge in [-0.3, -0.25) is 9.59 Å². The Hall–Kier alpha value is 0.0800. The van der Waals surface area contributed by atoms with Crippen molar-refractivity contribution in [1.82, 2.24) is 0 Å². The quantitative estimate of drug-likeness (QED) is 0.0893. The van der Waals surface area contributed by atoms with Gasteiger partial charge < -0.3 is 18.9 Å². The molecule has 0 amide bonds. The van der Waals surface area contributed by atoms with Crippen LogP contribution in [0.1, 0.15) is 39.5 Å². The maximum Gasteiger partial charge on any atom is 0.185 e. The van der Waals surface area contributed by atoms with Gasteiger partial charge in [-0.05, 0) is 72.2 Å². The molecule has 0 N–H and O–H groups in total. The van der Waals surface area contributed by atoms with Crippen LogP contribution in [0.5, 0.6) is 0 Å². The number of unbranched alkanes of at least 4 members (excludes halogenated alkanes) is 2. The van der Waals surface area contributed by atoms with Crippen molar-refractivity contribution >= 4 is 126 Å². The molecule has 0 aromatic carbocycles. The SMILES string of the molecule is CC(=O)SCCCCSc1ccsc1-c1cc2c(s1)-c1sc(-c3sccc3SCCCCSC(C)=O)cc1SCCOCCOCCOCCOCCS2. The standard InChI is InChI=1S/C38H48O6S10/c1-27(39)45-17-3-5-19-47-29-7-21-51-35(29)33-25-31-37(53-33)38-32(50-24-16-44-14-12-42-10-9-41-11-13-43-15-23-49-31)26-34(54-38)36-30(8-22-52-36)48-20-6-4-18-46-28(2)40/h7-8,21-22,25-26H,3-6,9-20,23-24H2,1-2H3. The van der Waals surface area contributed by atoms with Crippen LogP contribution in [0.4, 0.5) is 0 Å². The Labute approximate surface area is 362 Å². The largest absolute Gasteiger partial charge is 0.378 e. The van der Waals surface area contributed by atoms with Gasteiger partial charge in [-0.25, -0.2) is 0 Å². The first-order valence-electron chi connectivity index (χ1n) is 18.0. The number of thioether (sulfide) groups is 6. The van der Waals surface area contributed by atoms with Crippen LogP contribution in [-0.2, 0) is 28.5 Å². The van der Waals surface area contributed by atoms with E-state index in [1.807, 2.05) is 92.4 Å². The van der Waals surface area contributed by atoms with E-state index >= 15 is 0 Å². The van der Waals surface area contributed by atoms with Crippen molar-refractivity contribution in [2.45, 2.75) is 59.1 Å². The first-order valence-corrected chi connectivity index (χ1v) is 27.3. The molecule has 1 aliphatic rings. The second-order valence-electron chi connectivity index (χ2n) is 11.8. The van der Waals surface area contributed by atoms with Gasteiger partial charge in [0.2, 0.25) is 0 Å². The lowest BCUT2D eigenvalue weighted by Crippen LogP contribution is -2.12. The minimum absolute atomic E-state index is 0.200. The molecule has 0 saturated carbocycles. The fourth-order valence-corrected chi connectivity index (χ4v) is 15.9. The second kappa shape index (κ2) is 26.2. The average molecular weight is 921 g/mol. The van der Waals surface area contributed by atoms with E-state index in [4.69, 9.17) is 18.9 Å². The average Bonchev–Trinajstić information content (AvgIpc) is 3.97. The van der Waals surface area contributed by atoms with Gasteiger partial charge in [-0.1, -0.05) is 23.5 Å². The van der Waals surface area contributed by atoms with Crippen molar-refractivity contribution in [2.24, 2.45) is 0 Å².